The summed E-state index contributed by atoms with van der Waals surface area (Å²) in [6.07, 6.45) is 0. The number of carbonyl (C=O) groups is 4. The molecule has 146 valence electrons. The predicted molar refractivity (Wildman–Crippen MR) is 111 cm³/mol. The number of anilines is 1. The Balaban J connectivity index is 1.90. The largest absolute Gasteiger partial charge is 0.468 e. The van der Waals surface area contributed by atoms with Crippen molar-refractivity contribution in [3.05, 3.63) is 63.2 Å². The third-order valence-electron chi connectivity index (χ3n) is 3.56. The lowest BCUT2D eigenvalue weighted by Gasteiger charge is -2.09. The molecular formula is C19H18IN3O5. The maximum atomic E-state index is 12.1. The molecule has 0 unspecified atom stereocenters. The van der Waals surface area contributed by atoms with Gasteiger partial charge in [-0.2, -0.15) is 0 Å². The van der Waals surface area contributed by atoms with Crippen molar-refractivity contribution in [3.63, 3.8) is 0 Å². The van der Waals surface area contributed by atoms with Crippen LogP contribution in [0.25, 0.3) is 0 Å². The Morgan fingerprint density at radius 3 is 2.36 bits per heavy atom. The van der Waals surface area contributed by atoms with Gasteiger partial charge in [-0.3, -0.25) is 19.2 Å². The first-order valence-corrected chi connectivity index (χ1v) is 9.26. The van der Waals surface area contributed by atoms with Gasteiger partial charge in [-0.1, -0.05) is 18.2 Å². The fourth-order valence-electron chi connectivity index (χ4n) is 2.17. The number of methoxy groups -OCH3 is 1. The molecule has 0 saturated carbocycles. The van der Waals surface area contributed by atoms with E-state index in [-0.39, 0.29) is 24.6 Å². The van der Waals surface area contributed by atoms with Crippen LogP contribution in [-0.2, 0) is 14.3 Å². The van der Waals surface area contributed by atoms with Crippen LogP contribution in [0.3, 0.4) is 0 Å². The van der Waals surface area contributed by atoms with E-state index in [9.17, 15) is 19.2 Å². The molecule has 0 aromatic heterocycles. The first-order chi connectivity index (χ1) is 13.4. The van der Waals surface area contributed by atoms with Gasteiger partial charge in [0.15, 0.2) is 0 Å². The fraction of sp³-hybridized carbons (Fsp3) is 0.158. The Kier molecular flexibility index (Phi) is 7.93. The molecule has 0 saturated heterocycles. The van der Waals surface area contributed by atoms with Gasteiger partial charge in [0.25, 0.3) is 11.8 Å². The Hall–Kier alpha value is -2.95. The standard InChI is InChI=1S/C19H18IN3O5/c1-28-17(25)11-22-18(26)12-5-4-6-13(9-12)23-16(24)10-21-19(27)14-7-2-3-8-15(14)20/h2-9H,10-11H2,1H3,(H,21,27)(H,22,26)(H,23,24). The second kappa shape index (κ2) is 10.4. The number of nitrogens with one attached hydrogen (secondary N) is 3. The Morgan fingerprint density at radius 2 is 1.64 bits per heavy atom. The topological polar surface area (TPSA) is 114 Å². The highest BCUT2D eigenvalue weighted by Crippen LogP contribution is 2.12. The zero-order chi connectivity index (χ0) is 20.5. The maximum Gasteiger partial charge on any atom is 0.325 e. The molecule has 0 aliphatic carbocycles. The van der Waals surface area contributed by atoms with Crippen LogP contribution in [-0.4, -0.2) is 43.9 Å². The third kappa shape index (κ3) is 6.34. The van der Waals surface area contributed by atoms with Crippen LogP contribution in [0.5, 0.6) is 0 Å². The molecule has 8 nitrogen and oxygen atoms in total. The molecule has 0 aliphatic heterocycles. The summed E-state index contributed by atoms with van der Waals surface area (Å²) < 4.78 is 5.23. The van der Waals surface area contributed by atoms with E-state index in [1.165, 1.54) is 13.2 Å². The summed E-state index contributed by atoms with van der Waals surface area (Å²) in [7, 11) is 1.22. The number of esters is 1. The molecule has 2 rings (SSSR count). The highest BCUT2D eigenvalue weighted by atomic mass is 127. The van der Waals surface area contributed by atoms with Gasteiger partial charge in [0.2, 0.25) is 5.91 Å². The first kappa shape index (κ1) is 21.4. The smallest absolute Gasteiger partial charge is 0.325 e. The molecule has 28 heavy (non-hydrogen) atoms. The van der Waals surface area contributed by atoms with Gasteiger partial charge in [0.1, 0.15) is 6.54 Å². The number of ether oxygens (including phenoxy) is 1. The zero-order valence-electron chi connectivity index (χ0n) is 15.0. The van der Waals surface area contributed by atoms with E-state index in [0.29, 0.717) is 11.3 Å². The van der Waals surface area contributed by atoms with Crippen molar-refractivity contribution >= 4 is 52.0 Å². The molecule has 0 atom stereocenters. The number of hydrogen-bond acceptors (Lipinski definition) is 5. The lowest BCUT2D eigenvalue weighted by atomic mass is 10.2. The summed E-state index contributed by atoms with van der Waals surface area (Å²) >= 11 is 2.05. The van der Waals surface area contributed by atoms with Crippen molar-refractivity contribution in [3.8, 4) is 0 Å². The van der Waals surface area contributed by atoms with Crippen molar-refractivity contribution in [2.75, 3.05) is 25.5 Å². The predicted octanol–water partition coefficient (Wildman–Crippen LogP) is 1.56. The van der Waals surface area contributed by atoms with Gasteiger partial charge in [-0.15, -0.1) is 0 Å². The monoisotopic (exact) mass is 495 g/mol. The first-order valence-electron chi connectivity index (χ1n) is 8.18. The van der Waals surface area contributed by atoms with Crippen LogP contribution >= 0.6 is 22.6 Å². The fourth-order valence-corrected chi connectivity index (χ4v) is 2.80. The second-order valence-electron chi connectivity index (χ2n) is 5.55. The van der Waals surface area contributed by atoms with Crippen molar-refractivity contribution < 1.29 is 23.9 Å². The van der Waals surface area contributed by atoms with Crippen LogP contribution in [0.15, 0.2) is 48.5 Å². The quantitative estimate of drug-likeness (QED) is 0.399. The van der Waals surface area contributed by atoms with Gasteiger partial charge in [0, 0.05) is 14.8 Å². The zero-order valence-corrected chi connectivity index (χ0v) is 17.1. The highest BCUT2D eigenvalue weighted by molar-refractivity contribution is 14.1. The molecule has 3 amide bonds. The van der Waals surface area contributed by atoms with Crippen molar-refractivity contribution in [1.29, 1.82) is 0 Å². The Bertz CT molecular complexity index is 901. The van der Waals surface area contributed by atoms with E-state index in [2.05, 4.69) is 20.7 Å². The second-order valence-corrected chi connectivity index (χ2v) is 6.71. The molecule has 2 aromatic rings. The molecule has 0 fully saturated rings. The summed E-state index contributed by atoms with van der Waals surface area (Å²) in [6, 6.07) is 13.2. The number of halogens is 1. The van der Waals surface area contributed by atoms with Gasteiger partial charge < -0.3 is 20.7 Å². The van der Waals surface area contributed by atoms with Crippen LogP contribution in [0.1, 0.15) is 20.7 Å². The summed E-state index contributed by atoms with van der Waals surface area (Å²) in [5.41, 5.74) is 1.14. The van der Waals surface area contributed by atoms with Crippen LogP contribution in [0.2, 0.25) is 0 Å². The normalized spacial score (nSPS) is 9.93. The van der Waals surface area contributed by atoms with Crippen molar-refractivity contribution in [1.82, 2.24) is 10.6 Å². The summed E-state index contributed by atoms with van der Waals surface area (Å²) in [5.74, 6) is -1.84. The maximum absolute atomic E-state index is 12.1. The van der Waals surface area contributed by atoms with Crippen LogP contribution < -0.4 is 16.0 Å². The van der Waals surface area contributed by atoms with E-state index in [4.69, 9.17) is 0 Å². The molecule has 0 spiro atoms. The summed E-state index contributed by atoms with van der Waals surface area (Å²) in [5, 5.41) is 7.57. The molecule has 0 radical (unpaired) electrons. The van der Waals surface area contributed by atoms with E-state index in [0.717, 1.165) is 3.57 Å². The molecule has 0 bridgehead atoms. The number of hydrogen-bond donors (Lipinski definition) is 3. The summed E-state index contributed by atoms with van der Waals surface area (Å²) in [4.78, 5) is 47.3. The van der Waals surface area contributed by atoms with E-state index >= 15 is 0 Å². The average Bonchev–Trinajstić information content (AvgIpc) is 2.70. The molecule has 2 aromatic carbocycles. The minimum absolute atomic E-state index is 0.220. The average molecular weight is 495 g/mol. The van der Waals surface area contributed by atoms with Crippen LogP contribution in [0.4, 0.5) is 5.69 Å². The van der Waals surface area contributed by atoms with Crippen molar-refractivity contribution in [2.45, 2.75) is 0 Å². The van der Waals surface area contributed by atoms with Gasteiger partial charge in [-0.05, 0) is 52.9 Å². The molecular weight excluding hydrogens is 477 g/mol. The molecule has 0 aliphatic rings. The third-order valence-corrected chi connectivity index (χ3v) is 4.50. The number of amides is 3. The molecule has 9 heteroatoms. The van der Waals surface area contributed by atoms with E-state index in [1.54, 1.807) is 36.4 Å². The van der Waals surface area contributed by atoms with E-state index < -0.39 is 17.8 Å². The Morgan fingerprint density at radius 1 is 0.929 bits per heavy atom. The summed E-state index contributed by atoms with van der Waals surface area (Å²) in [6.45, 7) is -0.473. The SMILES string of the molecule is COC(=O)CNC(=O)c1cccc(NC(=O)CNC(=O)c2ccccc2I)c1. The molecule has 3 N–H and O–H groups in total. The van der Waals surface area contributed by atoms with Crippen molar-refractivity contribution in [2.24, 2.45) is 0 Å². The van der Waals surface area contributed by atoms with E-state index in [1.807, 2.05) is 28.7 Å². The lowest BCUT2D eigenvalue weighted by molar-refractivity contribution is -0.139. The number of carbonyl (C=O) groups excluding carboxylic acids is 4. The Labute approximate surface area is 175 Å². The van der Waals surface area contributed by atoms with Gasteiger partial charge in [0.05, 0.1) is 19.2 Å². The minimum Gasteiger partial charge on any atom is -0.468 e. The minimum atomic E-state index is -0.568. The van der Waals surface area contributed by atoms with Gasteiger partial charge in [-0.25, -0.2) is 0 Å². The highest BCUT2D eigenvalue weighted by Gasteiger charge is 2.12. The lowest BCUT2D eigenvalue weighted by Crippen LogP contribution is -2.33. The molecule has 0 heterocycles. The number of benzene rings is 2. The number of rotatable bonds is 7. The van der Waals surface area contributed by atoms with Crippen LogP contribution in [0, 0.1) is 3.57 Å². The van der Waals surface area contributed by atoms with Gasteiger partial charge >= 0.3 is 5.97 Å².